The fourth-order valence-corrected chi connectivity index (χ4v) is 3.61. The Hall–Kier alpha value is -0.810. The molecular weight excluding hydrogens is 345 g/mol. The summed E-state index contributed by atoms with van der Waals surface area (Å²) < 4.78 is 0. The number of nitrogens with one attached hydrogen (secondary N) is 1. The van der Waals surface area contributed by atoms with Gasteiger partial charge in [-0.3, -0.25) is 9.69 Å². The zero-order valence-electron chi connectivity index (χ0n) is 14.1. The molecule has 0 bridgehead atoms. The van der Waals surface area contributed by atoms with Crippen LogP contribution in [0.4, 0.5) is 5.69 Å². The maximum absolute atomic E-state index is 12.4. The number of benzene rings is 1. The molecule has 0 radical (unpaired) electrons. The van der Waals surface area contributed by atoms with Crippen molar-refractivity contribution in [3.05, 3.63) is 29.8 Å². The minimum atomic E-state index is -0.664. The molecule has 1 amide bonds. The van der Waals surface area contributed by atoms with Crippen LogP contribution in [0.1, 0.15) is 50.5 Å². The van der Waals surface area contributed by atoms with Gasteiger partial charge in [0, 0.05) is 12.2 Å². The highest BCUT2D eigenvalue weighted by atomic mass is 35.5. The van der Waals surface area contributed by atoms with Gasteiger partial charge in [0.25, 0.3) is 0 Å². The lowest BCUT2D eigenvalue weighted by molar-refractivity contribution is -0.121. The van der Waals surface area contributed by atoms with Gasteiger partial charge in [0.15, 0.2) is 0 Å². The number of nitrogens with zero attached hydrogens (tertiary/aromatic N) is 1. The highest BCUT2D eigenvalue weighted by molar-refractivity contribution is 5.98. The van der Waals surface area contributed by atoms with Gasteiger partial charge in [-0.2, -0.15) is 0 Å². The van der Waals surface area contributed by atoms with E-state index in [0.717, 1.165) is 37.9 Å². The fraction of sp³-hybridized carbons (Fsp3) is 0.611. The molecule has 0 atom stereocenters. The van der Waals surface area contributed by atoms with Crippen LogP contribution in [-0.2, 0) is 11.3 Å². The molecule has 1 heterocycles. The van der Waals surface area contributed by atoms with Gasteiger partial charge < -0.3 is 11.1 Å². The molecule has 1 aliphatic carbocycles. The van der Waals surface area contributed by atoms with Crippen molar-refractivity contribution < 1.29 is 4.79 Å². The van der Waals surface area contributed by atoms with E-state index in [1.165, 1.54) is 37.9 Å². The van der Waals surface area contributed by atoms with E-state index in [0.29, 0.717) is 0 Å². The third-order valence-electron chi connectivity index (χ3n) is 4.99. The zero-order valence-corrected chi connectivity index (χ0v) is 15.8. The quantitative estimate of drug-likeness (QED) is 0.844. The number of anilines is 1. The summed E-state index contributed by atoms with van der Waals surface area (Å²) in [6.07, 6.45) is 7.65. The maximum Gasteiger partial charge on any atom is 0.244 e. The third-order valence-corrected chi connectivity index (χ3v) is 4.99. The van der Waals surface area contributed by atoms with Crippen molar-refractivity contribution in [1.29, 1.82) is 0 Å². The average molecular weight is 374 g/mol. The molecule has 2 fully saturated rings. The Labute approximate surface area is 157 Å². The summed E-state index contributed by atoms with van der Waals surface area (Å²) in [5.41, 5.74) is 7.69. The largest absolute Gasteiger partial charge is 0.324 e. The maximum atomic E-state index is 12.4. The lowest BCUT2D eigenvalue weighted by Gasteiger charge is -2.26. The molecular formula is C18H29Cl2N3O. The SMILES string of the molecule is Cl.Cl.NC1(C(=O)Nc2cccc(CN3CCCCC3)c2)CCCC1. The molecule has 1 saturated carbocycles. The molecule has 1 saturated heterocycles. The molecule has 3 N–H and O–H groups in total. The summed E-state index contributed by atoms with van der Waals surface area (Å²) in [4.78, 5) is 14.9. The van der Waals surface area contributed by atoms with Crippen molar-refractivity contribution in [2.75, 3.05) is 18.4 Å². The molecule has 0 unspecified atom stereocenters. The normalized spacial score (nSPS) is 19.9. The van der Waals surface area contributed by atoms with Crippen LogP contribution in [0, 0.1) is 0 Å². The van der Waals surface area contributed by atoms with E-state index in [9.17, 15) is 4.79 Å². The molecule has 1 aromatic rings. The van der Waals surface area contributed by atoms with Gasteiger partial charge in [0.05, 0.1) is 5.54 Å². The Bertz CT molecular complexity index is 527. The number of carbonyl (C=O) groups excluding carboxylic acids is 1. The molecule has 0 spiro atoms. The van der Waals surface area contributed by atoms with E-state index in [1.54, 1.807) is 0 Å². The standard InChI is InChI=1S/C18H27N3O.2ClH/c19-18(9-2-3-10-18)17(22)20-16-8-6-7-15(13-16)14-21-11-4-1-5-12-21;;/h6-8,13H,1-5,9-12,14,19H2,(H,20,22);2*1H. The molecule has 6 heteroatoms. The minimum absolute atomic E-state index is 0. The van der Waals surface area contributed by atoms with Gasteiger partial charge in [0.1, 0.15) is 0 Å². The molecule has 3 rings (SSSR count). The molecule has 4 nitrogen and oxygen atoms in total. The van der Waals surface area contributed by atoms with Gasteiger partial charge in [-0.05, 0) is 56.5 Å². The van der Waals surface area contributed by atoms with Crippen LogP contribution in [-0.4, -0.2) is 29.4 Å². The number of nitrogens with two attached hydrogens (primary N) is 1. The van der Waals surface area contributed by atoms with E-state index in [2.05, 4.69) is 22.3 Å². The Kier molecular flexibility index (Phi) is 8.51. The summed E-state index contributed by atoms with van der Waals surface area (Å²) in [5.74, 6) is -0.0277. The van der Waals surface area contributed by atoms with Crippen molar-refractivity contribution in [2.24, 2.45) is 5.73 Å². The summed E-state index contributed by atoms with van der Waals surface area (Å²) in [6, 6.07) is 8.20. The van der Waals surface area contributed by atoms with E-state index >= 15 is 0 Å². The minimum Gasteiger partial charge on any atom is -0.324 e. The first-order valence-electron chi connectivity index (χ1n) is 8.57. The Morgan fingerprint density at radius 2 is 1.75 bits per heavy atom. The van der Waals surface area contributed by atoms with Crippen LogP contribution in [0.15, 0.2) is 24.3 Å². The molecule has 24 heavy (non-hydrogen) atoms. The summed E-state index contributed by atoms with van der Waals surface area (Å²) in [6.45, 7) is 3.34. The first kappa shape index (κ1) is 21.2. The summed E-state index contributed by atoms with van der Waals surface area (Å²) >= 11 is 0. The van der Waals surface area contributed by atoms with Crippen molar-refractivity contribution in [1.82, 2.24) is 4.90 Å². The number of halogens is 2. The molecule has 0 aromatic heterocycles. The molecule has 136 valence electrons. The second kappa shape index (κ2) is 9.62. The number of rotatable bonds is 4. The van der Waals surface area contributed by atoms with Crippen LogP contribution in [0.25, 0.3) is 0 Å². The lowest BCUT2D eigenvalue weighted by atomic mass is 9.98. The van der Waals surface area contributed by atoms with E-state index in [4.69, 9.17) is 5.73 Å². The number of amides is 1. The van der Waals surface area contributed by atoms with Crippen LogP contribution < -0.4 is 11.1 Å². The predicted octanol–water partition coefficient (Wildman–Crippen LogP) is 3.73. The van der Waals surface area contributed by atoms with Gasteiger partial charge in [-0.25, -0.2) is 0 Å². The molecule has 2 aliphatic rings. The number of likely N-dealkylation sites (tertiary alicyclic amines) is 1. The Morgan fingerprint density at radius 3 is 2.42 bits per heavy atom. The third kappa shape index (κ3) is 5.35. The average Bonchev–Trinajstić information content (AvgIpc) is 2.97. The number of carbonyl (C=O) groups is 1. The predicted molar refractivity (Wildman–Crippen MR) is 104 cm³/mol. The van der Waals surface area contributed by atoms with Crippen molar-refractivity contribution >= 4 is 36.4 Å². The van der Waals surface area contributed by atoms with Crippen molar-refractivity contribution in [3.8, 4) is 0 Å². The van der Waals surface area contributed by atoms with E-state index in [1.807, 2.05) is 12.1 Å². The molecule has 1 aromatic carbocycles. The van der Waals surface area contributed by atoms with Crippen LogP contribution in [0.2, 0.25) is 0 Å². The second-order valence-electron chi connectivity index (χ2n) is 6.85. The topological polar surface area (TPSA) is 58.4 Å². The van der Waals surface area contributed by atoms with Crippen LogP contribution >= 0.6 is 24.8 Å². The monoisotopic (exact) mass is 373 g/mol. The second-order valence-corrected chi connectivity index (χ2v) is 6.85. The van der Waals surface area contributed by atoms with Crippen molar-refractivity contribution in [3.63, 3.8) is 0 Å². The van der Waals surface area contributed by atoms with Gasteiger partial charge in [-0.15, -0.1) is 24.8 Å². The van der Waals surface area contributed by atoms with Gasteiger partial charge in [-0.1, -0.05) is 31.4 Å². The van der Waals surface area contributed by atoms with Crippen LogP contribution in [0.3, 0.4) is 0 Å². The Balaban J connectivity index is 0.00000144. The summed E-state index contributed by atoms with van der Waals surface area (Å²) in [5, 5.41) is 3.02. The van der Waals surface area contributed by atoms with Crippen molar-refractivity contribution in [2.45, 2.75) is 57.0 Å². The van der Waals surface area contributed by atoms with Gasteiger partial charge in [0.2, 0.25) is 5.91 Å². The van der Waals surface area contributed by atoms with E-state index in [-0.39, 0.29) is 30.7 Å². The first-order chi connectivity index (χ1) is 10.7. The van der Waals surface area contributed by atoms with Crippen LogP contribution in [0.5, 0.6) is 0 Å². The number of hydrogen-bond donors (Lipinski definition) is 2. The van der Waals surface area contributed by atoms with E-state index < -0.39 is 5.54 Å². The lowest BCUT2D eigenvalue weighted by Crippen LogP contribution is -2.48. The summed E-state index contributed by atoms with van der Waals surface area (Å²) in [7, 11) is 0. The highest BCUT2D eigenvalue weighted by Crippen LogP contribution is 2.28. The molecule has 1 aliphatic heterocycles. The zero-order chi connectivity index (χ0) is 15.4. The Morgan fingerprint density at radius 1 is 1.08 bits per heavy atom. The number of piperidine rings is 1. The highest BCUT2D eigenvalue weighted by Gasteiger charge is 2.36. The number of hydrogen-bond acceptors (Lipinski definition) is 3. The van der Waals surface area contributed by atoms with Gasteiger partial charge >= 0.3 is 0 Å². The first-order valence-corrected chi connectivity index (χ1v) is 8.57. The fourth-order valence-electron chi connectivity index (χ4n) is 3.61. The smallest absolute Gasteiger partial charge is 0.244 e.